The van der Waals surface area contributed by atoms with Gasteiger partial charge in [0.2, 0.25) is 0 Å². The van der Waals surface area contributed by atoms with Crippen molar-refractivity contribution in [2.24, 2.45) is 5.10 Å². The Hall–Kier alpha value is -2.60. The third-order valence-corrected chi connectivity index (χ3v) is 4.51. The van der Waals surface area contributed by atoms with E-state index in [0.717, 1.165) is 27.6 Å². The zero-order valence-electron chi connectivity index (χ0n) is 14.5. The number of para-hydroxylation sites is 1. The number of fused-ring (bicyclic) bond motifs is 1. The van der Waals surface area contributed by atoms with Crippen LogP contribution in [0.15, 0.2) is 62.5 Å². The summed E-state index contributed by atoms with van der Waals surface area (Å²) in [5.74, 6) is 0.609. The minimum absolute atomic E-state index is 0.147. The highest BCUT2D eigenvalue weighted by molar-refractivity contribution is 9.10. The lowest BCUT2D eigenvalue weighted by molar-refractivity contribution is 0.0929. The van der Waals surface area contributed by atoms with Gasteiger partial charge in [-0.3, -0.25) is 4.79 Å². The van der Waals surface area contributed by atoms with E-state index in [2.05, 4.69) is 33.4 Å². The molecular weight excluding hydrogens is 396 g/mol. The molecule has 1 heterocycles. The van der Waals surface area contributed by atoms with Crippen molar-refractivity contribution in [1.82, 2.24) is 5.43 Å². The van der Waals surface area contributed by atoms with Gasteiger partial charge in [0.15, 0.2) is 5.76 Å². The van der Waals surface area contributed by atoms with Crippen LogP contribution in [-0.2, 0) is 0 Å². The second-order valence-electron chi connectivity index (χ2n) is 5.87. The van der Waals surface area contributed by atoms with Gasteiger partial charge in [0.05, 0.1) is 16.8 Å². The molecular formula is C20H19BrN2O3. The molecule has 0 saturated heterocycles. The smallest absolute Gasteiger partial charge is 0.307 e. The maximum absolute atomic E-state index is 12.1. The van der Waals surface area contributed by atoms with Crippen molar-refractivity contribution in [3.05, 3.63) is 64.3 Å². The Bertz CT molecular complexity index is 916. The summed E-state index contributed by atoms with van der Waals surface area (Å²) in [7, 11) is 0. The summed E-state index contributed by atoms with van der Waals surface area (Å²) in [6.07, 6.45) is 2.65. The predicted molar refractivity (Wildman–Crippen MR) is 106 cm³/mol. The van der Waals surface area contributed by atoms with E-state index in [4.69, 9.17) is 9.15 Å². The van der Waals surface area contributed by atoms with E-state index in [-0.39, 0.29) is 11.9 Å². The molecule has 5 nitrogen and oxygen atoms in total. The normalized spacial score (nSPS) is 12.4. The topological polar surface area (TPSA) is 63.8 Å². The second-order valence-corrected chi connectivity index (χ2v) is 6.73. The van der Waals surface area contributed by atoms with Gasteiger partial charge in [-0.15, -0.1) is 0 Å². The van der Waals surface area contributed by atoms with Crippen molar-refractivity contribution < 1.29 is 13.9 Å². The van der Waals surface area contributed by atoms with Crippen molar-refractivity contribution >= 4 is 39.0 Å². The fraction of sp³-hybridized carbons (Fsp3) is 0.200. The molecule has 0 radical (unpaired) electrons. The molecule has 1 aromatic heterocycles. The van der Waals surface area contributed by atoms with Crippen LogP contribution in [0.5, 0.6) is 5.75 Å². The highest BCUT2D eigenvalue weighted by Crippen LogP contribution is 2.27. The number of amides is 1. The molecule has 2 aromatic carbocycles. The van der Waals surface area contributed by atoms with Gasteiger partial charge in [-0.2, -0.15) is 5.10 Å². The largest absolute Gasteiger partial charge is 0.490 e. The minimum atomic E-state index is -0.395. The number of carbonyl (C=O) groups is 1. The average Bonchev–Trinajstić information content (AvgIpc) is 3.08. The molecule has 0 unspecified atom stereocenters. The molecule has 3 rings (SSSR count). The summed E-state index contributed by atoms with van der Waals surface area (Å²) in [5, 5.41) is 4.87. The lowest BCUT2D eigenvalue weighted by atomic mass is 10.2. The van der Waals surface area contributed by atoms with Gasteiger partial charge in [-0.1, -0.05) is 25.1 Å². The number of nitrogens with one attached hydrogen (secondary N) is 1. The molecule has 134 valence electrons. The van der Waals surface area contributed by atoms with Gasteiger partial charge in [0, 0.05) is 5.39 Å². The number of hydrogen-bond donors (Lipinski definition) is 1. The fourth-order valence-corrected chi connectivity index (χ4v) is 2.80. The molecule has 1 atom stereocenters. The van der Waals surface area contributed by atoms with E-state index < -0.39 is 5.91 Å². The van der Waals surface area contributed by atoms with E-state index in [1.807, 2.05) is 49.4 Å². The first-order chi connectivity index (χ1) is 12.6. The van der Waals surface area contributed by atoms with E-state index in [1.165, 1.54) is 0 Å². The minimum Gasteiger partial charge on any atom is -0.490 e. The third-order valence-electron chi connectivity index (χ3n) is 3.89. The predicted octanol–water partition coefficient (Wildman–Crippen LogP) is 5.14. The maximum Gasteiger partial charge on any atom is 0.307 e. The molecule has 0 fully saturated rings. The van der Waals surface area contributed by atoms with Gasteiger partial charge >= 0.3 is 5.91 Å². The Balaban J connectivity index is 1.64. The SMILES string of the molecule is CC[C@H](C)Oc1ccc(/C=N/NC(=O)c2cc3ccccc3o2)cc1Br. The van der Waals surface area contributed by atoms with Crippen LogP contribution in [0.2, 0.25) is 0 Å². The van der Waals surface area contributed by atoms with Crippen molar-refractivity contribution in [1.29, 1.82) is 0 Å². The van der Waals surface area contributed by atoms with E-state index in [9.17, 15) is 4.79 Å². The molecule has 6 heteroatoms. The summed E-state index contributed by atoms with van der Waals surface area (Å²) in [6.45, 7) is 4.10. The lowest BCUT2D eigenvalue weighted by Gasteiger charge is -2.14. The molecule has 0 bridgehead atoms. The average molecular weight is 415 g/mol. The van der Waals surface area contributed by atoms with Crippen molar-refractivity contribution in [2.75, 3.05) is 0 Å². The summed E-state index contributed by atoms with van der Waals surface area (Å²) in [6, 6.07) is 14.8. The summed E-state index contributed by atoms with van der Waals surface area (Å²) >= 11 is 3.49. The Kier molecular flexibility index (Phi) is 5.73. The van der Waals surface area contributed by atoms with Crippen LogP contribution < -0.4 is 10.2 Å². The fourth-order valence-electron chi connectivity index (χ4n) is 2.31. The molecule has 3 aromatic rings. The van der Waals surface area contributed by atoms with Crippen LogP contribution in [0.25, 0.3) is 11.0 Å². The number of rotatable bonds is 6. The number of hydrazone groups is 1. The van der Waals surface area contributed by atoms with Crippen LogP contribution in [0.1, 0.15) is 36.4 Å². The highest BCUT2D eigenvalue weighted by Gasteiger charge is 2.11. The monoisotopic (exact) mass is 414 g/mol. The number of hydrogen-bond acceptors (Lipinski definition) is 4. The molecule has 0 aliphatic heterocycles. The van der Waals surface area contributed by atoms with E-state index >= 15 is 0 Å². The Morgan fingerprint density at radius 2 is 2.12 bits per heavy atom. The summed E-state index contributed by atoms with van der Waals surface area (Å²) < 4.78 is 12.1. The molecule has 1 N–H and O–H groups in total. The molecule has 0 aliphatic carbocycles. The van der Waals surface area contributed by atoms with E-state index in [1.54, 1.807) is 12.3 Å². The zero-order valence-corrected chi connectivity index (χ0v) is 16.1. The summed E-state index contributed by atoms with van der Waals surface area (Å²) in [5.41, 5.74) is 3.97. The number of ether oxygens (including phenoxy) is 1. The quantitative estimate of drug-likeness (QED) is 0.448. The third kappa shape index (κ3) is 4.32. The van der Waals surface area contributed by atoms with Gasteiger partial charge in [0.1, 0.15) is 11.3 Å². The van der Waals surface area contributed by atoms with E-state index in [0.29, 0.717) is 5.58 Å². The van der Waals surface area contributed by atoms with Crippen molar-refractivity contribution in [3.63, 3.8) is 0 Å². The second kappa shape index (κ2) is 8.19. The molecule has 1 amide bonds. The van der Waals surface area contributed by atoms with Crippen LogP contribution in [0.3, 0.4) is 0 Å². The Morgan fingerprint density at radius 1 is 1.31 bits per heavy atom. The number of benzene rings is 2. The molecule has 0 aliphatic rings. The summed E-state index contributed by atoms with van der Waals surface area (Å²) in [4.78, 5) is 12.1. The lowest BCUT2D eigenvalue weighted by Crippen LogP contribution is -2.16. The number of carbonyl (C=O) groups excluding carboxylic acids is 1. The Labute approximate surface area is 160 Å². The van der Waals surface area contributed by atoms with Crippen LogP contribution >= 0.6 is 15.9 Å². The van der Waals surface area contributed by atoms with Gasteiger partial charge < -0.3 is 9.15 Å². The molecule has 0 saturated carbocycles. The first-order valence-electron chi connectivity index (χ1n) is 8.35. The number of halogens is 1. The zero-order chi connectivity index (χ0) is 18.5. The maximum atomic E-state index is 12.1. The number of nitrogens with zero attached hydrogens (tertiary/aromatic N) is 1. The first kappa shape index (κ1) is 18.2. The molecule has 0 spiro atoms. The van der Waals surface area contributed by atoms with Crippen LogP contribution in [-0.4, -0.2) is 18.2 Å². The van der Waals surface area contributed by atoms with Gasteiger partial charge in [0.25, 0.3) is 0 Å². The number of furan rings is 1. The standard InChI is InChI=1S/C20H19BrN2O3/c1-3-13(2)25-18-9-8-14(10-16(18)21)12-22-23-20(24)19-11-15-6-4-5-7-17(15)26-19/h4-13H,3H2,1-2H3,(H,23,24)/b22-12+/t13-/m0/s1. The Morgan fingerprint density at radius 3 is 2.85 bits per heavy atom. The molecule has 26 heavy (non-hydrogen) atoms. The first-order valence-corrected chi connectivity index (χ1v) is 9.14. The van der Waals surface area contributed by atoms with Crippen LogP contribution in [0, 0.1) is 0 Å². The van der Waals surface area contributed by atoms with Crippen molar-refractivity contribution in [2.45, 2.75) is 26.4 Å². The highest BCUT2D eigenvalue weighted by atomic mass is 79.9. The van der Waals surface area contributed by atoms with Gasteiger partial charge in [-0.25, -0.2) is 5.43 Å². The van der Waals surface area contributed by atoms with Gasteiger partial charge in [-0.05, 0) is 65.2 Å². The van der Waals surface area contributed by atoms with Crippen LogP contribution in [0.4, 0.5) is 0 Å². The van der Waals surface area contributed by atoms with Crippen molar-refractivity contribution in [3.8, 4) is 5.75 Å².